The van der Waals surface area contributed by atoms with Crippen LogP contribution in [0.2, 0.25) is 0 Å². The number of ether oxygens (including phenoxy) is 1. The Kier molecular flexibility index (Phi) is 3.58. The molecule has 0 spiro atoms. The van der Waals surface area contributed by atoms with Gasteiger partial charge < -0.3 is 4.74 Å². The van der Waals surface area contributed by atoms with Gasteiger partial charge in [-0.25, -0.2) is 0 Å². The summed E-state index contributed by atoms with van der Waals surface area (Å²) in [4.78, 5) is 11.2. The summed E-state index contributed by atoms with van der Waals surface area (Å²) in [5.74, 6) is -0.728. The first kappa shape index (κ1) is 12.4. The number of ketones is 1. The van der Waals surface area contributed by atoms with Crippen molar-refractivity contribution in [2.24, 2.45) is 0 Å². The van der Waals surface area contributed by atoms with Crippen LogP contribution in [0.1, 0.15) is 0 Å². The average Bonchev–Trinajstić information content (AvgIpc) is 2.58. The highest BCUT2D eigenvalue weighted by molar-refractivity contribution is 6.77. The van der Waals surface area contributed by atoms with E-state index in [-0.39, 0.29) is 0 Å². The summed E-state index contributed by atoms with van der Waals surface area (Å²) < 4.78 is 1.07. The smallest absolute Gasteiger partial charge is 0.251 e. The molecule has 2 atom stereocenters. The zero-order chi connectivity index (χ0) is 10.4. The second kappa shape index (κ2) is 3.75. The minimum atomic E-state index is -2.03. The van der Waals surface area contributed by atoms with Gasteiger partial charge in [0.15, 0.2) is 6.10 Å². The molecule has 1 saturated heterocycles. The topological polar surface area (TPSA) is 29.6 Å². The van der Waals surface area contributed by atoms with Crippen molar-refractivity contribution in [2.45, 2.75) is 19.8 Å². The van der Waals surface area contributed by atoms with Crippen molar-refractivity contribution in [2.75, 3.05) is 0 Å². The number of Topliss-reactive ketones (excluding diaryl/α,β-unsaturated/α-hetero) is 1. The zero-order valence-electron chi connectivity index (χ0n) is 5.74. The average molecular weight is 307 g/mol. The molecular formula is C5H2Cl6O2. The largest absolute Gasteiger partial charge is 0.356 e. The van der Waals surface area contributed by atoms with E-state index in [2.05, 4.69) is 0 Å². The van der Waals surface area contributed by atoms with Crippen LogP contribution in [0.3, 0.4) is 0 Å². The fourth-order valence-corrected chi connectivity index (χ4v) is 1.54. The molecule has 0 amide bonds. The second-order valence-corrected chi connectivity index (χ2v) is 7.03. The number of alkyl halides is 6. The normalized spacial score (nSPS) is 28.8. The lowest BCUT2D eigenvalue weighted by Crippen LogP contribution is -2.28. The number of epoxide rings is 1. The lowest BCUT2D eigenvalue weighted by atomic mass is 10.2. The van der Waals surface area contributed by atoms with Gasteiger partial charge >= 0.3 is 0 Å². The maximum absolute atomic E-state index is 11.2. The molecule has 76 valence electrons. The monoisotopic (exact) mass is 304 g/mol. The highest BCUT2D eigenvalue weighted by atomic mass is 35.6. The Morgan fingerprint density at radius 2 is 1.54 bits per heavy atom. The Labute approximate surface area is 104 Å². The minimum Gasteiger partial charge on any atom is -0.356 e. The van der Waals surface area contributed by atoms with Crippen molar-refractivity contribution in [1.29, 1.82) is 0 Å². The van der Waals surface area contributed by atoms with Crippen molar-refractivity contribution in [3.63, 3.8) is 0 Å². The Hall–Kier alpha value is 1.37. The first-order valence-corrected chi connectivity index (χ1v) is 5.24. The lowest BCUT2D eigenvalue weighted by molar-refractivity contribution is -0.119. The summed E-state index contributed by atoms with van der Waals surface area (Å²) in [5, 5.41) is 0. The van der Waals surface area contributed by atoms with Crippen LogP contribution in [0.5, 0.6) is 0 Å². The van der Waals surface area contributed by atoms with Gasteiger partial charge in [-0.1, -0.05) is 69.6 Å². The number of carbonyl (C=O) groups excluding carboxylic acids is 1. The Balaban J connectivity index is 2.58. The van der Waals surface area contributed by atoms with Crippen LogP contribution in [0.4, 0.5) is 0 Å². The highest BCUT2D eigenvalue weighted by Crippen LogP contribution is 2.46. The van der Waals surface area contributed by atoms with Gasteiger partial charge in [0.05, 0.1) is 0 Å². The molecule has 0 aromatic rings. The third-order valence-electron chi connectivity index (χ3n) is 1.35. The van der Waals surface area contributed by atoms with Crippen LogP contribution in [-0.4, -0.2) is 25.6 Å². The number of carbonyl (C=O) groups is 1. The standard InChI is InChI=1S/C5H2Cl6O2/c6-4(7,8)2(12)1-3(13-1)5(9,10)11/h1,3H. The molecule has 2 nitrogen and oxygen atoms in total. The van der Waals surface area contributed by atoms with Gasteiger partial charge in [-0.3, -0.25) is 4.79 Å². The second-order valence-electron chi connectivity index (χ2n) is 2.38. The molecule has 0 aliphatic carbocycles. The van der Waals surface area contributed by atoms with Crippen LogP contribution >= 0.6 is 69.6 Å². The Morgan fingerprint density at radius 1 is 1.08 bits per heavy atom. The lowest BCUT2D eigenvalue weighted by Gasteiger charge is -2.08. The molecule has 1 aliphatic rings. The predicted octanol–water partition coefficient (Wildman–Crippen LogP) is 3.06. The van der Waals surface area contributed by atoms with Gasteiger partial charge in [-0.15, -0.1) is 0 Å². The van der Waals surface area contributed by atoms with E-state index in [0.717, 1.165) is 0 Å². The van der Waals surface area contributed by atoms with E-state index in [9.17, 15) is 4.79 Å². The first-order valence-electron chi connectivity index (χ1n) is 2.97. The number of hydrogen-bond acceptors (Lipinski definition) is 2. The molecule has 2 unspecified atom stereocenters. The minimum absolute atomic E-state index is 0.728. The van der Waals surface area contributed by atoms with Crippen molar-refractivity contribution in [3.05, 3.63) is 0 Å². The van der Waals surface area contributed by atoms with E-state index in [4.69, 9.17) is 74.3 Å². The number of halogens is 6. The molecule has 0 radical (unpaired) electrons. The van der Waals surface area contributed by atoms with Crippen LogP contribution in [0, 0.1) is 0 Å². The van der Waals surface area contributed by atoms with E-state index in [1.54, 1.807) is 0 Å². The molecule has 0 aromatic heterocycles. The molecular weight excluding hydrogens is 305 g/mol. The van der Waals surface area contributed by atoms with Gasteiger partial charge in [0.2, 0.25) is 9.58 Å². The molecule has 0 aromatic carbocycles. The van der Waals surface area contributed by atoms with Crippen molar-refractivity contribution < 1.29 is 9.53 Å². The zero-order valence-corrected chi connectivity index (χ0v) is 10.3. The van der Waals surface area contributed by atoms with Crippen molar-refractivity contribution in [1.82, 2.24) is 0 Å². The third kappa shape index (κ3) is 3.16. The van der Waals surface area contributed by atoms with Gasteiger partial charge in [0, 0.05) is 0 Å². The summed E-state index contributed by atoms with van der Waals surface area (Å²) >= 11 is 32.2. The van der Waals surface area contributed by atoms with E-state index in [0.29, 0.717) is 0 Å². The molecule has 1 aliphatic heterocycles. The Bertz CT molecular complexity index is 228. The van der Waals surface area contributed by atoms with Crippen LogP contribution in [0.15, 0.2) is 0 Å². The molecule has 1 heterocycles. The molecule has 0 saturated carbocycles. The third-order valence-corrected chi connectivity index (χ3v) is 2.56. The fraction of sp³-hybridized carbons (Fsp3) is 0.800. The fourth-order valence-electron chi connectivity index (χ4n) is 0.722. The Morgan fingerprint density at radius 3 is 1.77 bits per heavy atom. The maximum atomic E-state index is 11.2. The summed E-state index contributed by atoms with van der Waals surface area (Å²) in [7, 11) is 0. The first-order chi connectivity index (χ1) is 5.64. The summed E-state index contributed by atoms with van der Waals surface area (Å²) in [6.07, 6.45) is -1.78. The van der Waals surface area contributed by atoms with E-state index in [1.165, 1.54) is 0 Å². The number of rotatable bonds is 1. The summed E-state index contributed by atoms with van der Waals surface area (Å²) in [6.45, 7) is 0. The summed E-state index contributed by atoms with van der Waals surface area (Å²) in [6, 6.07) is 0. The van der Waals surface area contributed by atoms with Crippen molar-refractivity contribution >= 4 is 75.4 Å². The van der Waals surface area contributed by atoms with E-state index >= 15 is 0 Å². The molecule has 0 N–H and O–H groups in total. The van der Waals surface area contributed by atoms with Crippen molar-refractivity contribution in [3.8, 4) is 0 Å². The van der Waals surface area contributed by atoms with Gasteiger partial charge in [-0.05, 0) is 0 Å². The number of hydrogen-bond donors (Lipinski definition) is 0. The molecule has 0 bridgehead atoms. The van der Waals surface area contributed by atoms with Crippen LogP contribution in [0.25, 0.3) is 0 Å². The molecule has 1 fully saturated rings. The van der Waals surface area contributed by atoms with Crippen LogP contribution in [-0.2, 0) is 9.53 Å². The molecule has 13 heavy (non-hydrogen) atoms. The highest BCUT2D eigenvalue weighted by Gasteiger charge is 2.60. The van der Waals surface area contributed by atoms with Crippen LogP contribution < -0.4 is 0 Å². The SMILES string of the molecule is O=C(C1OC1C(Cl)(Cl)Cl)C(Cl)(Cl)Cl. The van der Waals surface area contributed by atoms with E-state index in [1.807, 2.05) is 0 Å². The molecule has 8 heteroatoms. The predicted molar refractivity (Wildman–Crippen MR) is 54.2 cm³/mol. The van der Waals surface area contributed by atoms with Gasteiger partial charge in [0.25, 0.3) is 3.79 Å². The maximum Gasteiger partial charge on any atom is 0.251 e. The summed E-state index contributed by atoms with van der Waals surface area (Å²) in [5.41, 5.74) is 0. The molecule has 1 rings (SSSR count). The van der Waals surface area contributed by atoms with Gasteiger partial charge in [-0.2, -0.15) is 0 Å². The van der Waals surface area contributed by atoms with E-state index < -0.39 is 25.6 Å². The quantitative estimate of drug-likeness (QED) is 0.550. The van der Waals surface area contributed by atoms with Gasteiger partial charge in [0.1, 0.15) is 6.10 Å².